The molecule has 25 heavy (non-hydrogen) atoms. The number of benzene rings is 1. The van der Waals surface area contributed by atoms with Gasteiger partial charge in [0.05, 0.1) is 11.9 Å². The third-order valence-electron chi connectivity index (χ3n) is 4.23. The van der Waals surface area contributed by atoms with Crippen LogP contribution in [0.25, 0.3) is 0 Å². The Kier molecular flexibility index (Phi) is 8.37. The standard InChI is InChI=1S/C12H17NO4S.C6H15Si/c1-8-6-5-7-9(2)11(8)13(18(4,16)17)10(3)12(14)15;1-6(2,3)7(4)5/h5-7,10H,1-4H3,(H,14,15);1-5H3/t10-;/m0./s1. The van der Waals surface area contributed by atoms with Crippen LogP contribution in [0.5, 0.6) is 0 Å². The number of sulfonamides is 1. The van der Waals surface area contributed by atoms with Gasteiger partial charge in [-0.25, -0.2) is 13.2 Å². The van der Waals surface area contributed by atoms with E-state index in [1.807, 2.05) is 0 Å². The van der Waals surface area contributed by atoms with Gasteiger partial charge in [-0.3, -0.25) is 4.31 Å². The number of hydrogen-bond donors (Lipinski definition) is 1. The molecule has 0 amide bonds. The summed E-state index contributed by atoms with van der Waals surface area (Å²) in [6, 6.07) is 4.18. The van der Waals surface area contributed by atoms with Crippen molar-refractivity contribution < 1.29 is 18.3 Å². The average Bonchev–Trinajstić information content (AvgIpc) is 2.40. The maximum Gasteiger partial charge on any atom is 0.327 e. The van der Waals surface area contributed by atoms with Gasteiger partial charge >= 0.3 is 5.97 Å². The van der Waals surface area contributed by atoms with Gasteiger partial charge in [-0.2, -0.15) is 0 Å². The second-order valence-corrected chi connectivity index (χ2v) is 12.9. The van der Waals surface area contributed by atoms with E-state index in [1.165, 1.54) is 6.92 Å². The predicted octanol–water partition coefficient (Wildman–Crippen LogP) is 4.08. The van der Waals surface area contributed by atoms with E-state index in [-0.39, 0.29) is 8.80 Å². The maximum absolute atomic E-state index is 11.8. The van der Waals surface area contributed by atoms with Crippen molar-refractivity contribution in [2.75, 3.05) is 10.6 Å². The molecule has 143 valence electrons. The Hall–Kier alpha value is -1.34. The maximum atomic E-state index is 11.8. The molecule has 1 aromatic rings. The smallest absolute Gasteiger partial charge is 0.327 e. The molecule has 0 fully saturated rings. The first kappa shape index (κ1) is 23.7. The number of anilines is 1. The van der Waals surface area contributed by atoms with Gasteiger partial charge in [0.25, 0.3) is 0 Å². The molecule has 1 radical (unpaired) electrons. The Morgan fingerprint density at radius 3 is 1.76 bits per heavy atom. The van der Waals surface area contributed by atoms with Crippen molar-refractivity contribution in [2.24, 2.45) is 0 Å². The molecule has 1 rings (SSSR count). The number of nitrogens with zero attached hydrogens (tertiary/aromatic N) is 1. The number of aliphatic carboxylic acids is 1. The van der Waals surface area contributed by atoms with Crippen LogP contribution >= 0.6 is 0 Å². The van der Waals surface area contributed by atoms with Crippen molar-refractivity contribution in [2.45, 2.75) is 65.7 Å². The number of carboxylic acid groups (broad SMARTS) is 1. The van der Waals surface area contributed by atoms with Gasteiger partial charge in [-0.1, -0.05) is 52.1 Å². The van der Waals surface area contributed by atoms with Crippen LogP contribution in [0.15, 0.2) is 18.2 Å². The lowest BCUT2D eigenvalue weighted by Crippen LogP contribution is -2.43. The summed E-state index contributed by atoms with van der Waals surface area (Å²) in [6.07, 6.45) is 1.01. The van der Waals surface area contributed by atoms with Gasteiger partial charge in [-0.15, -0.1) is 0 Å². The van der Waals surface area contributed by atoms with E-state index in [4.69, 9.17) is 5.11 Å². The van der Waals surface area contributed by atoms with E-state index in [2.05, 4.69) is 33.9 Å². The molecule has 0 aliphatic rings. The van der Waals surface area contributed by atoms with Crippen LogP contribution < -0.4 is 4.31 Å². The molecule has 7 heteroatoms. The number of carboxylic acids is 1. The molecule has 0 spiro atoms. The van der Waals surface area contributed by atoms with Crippen LogP contribution in [0, 0.1) is 13.8 Å². The molecule has 0 heterocycles. The van der Waals surface area contributed by atoms with Gasteiger partial charge < -0.3 is 5.11 Å². The van der Waals surface area contributed by atoms with Crippen molar-refractivity contribution in [1.82, 2.24) is 0 Å². The minimum absolute atomic E-state index is 0.0502. The lowest BCUT2D eigenvalue weighted by Gasteiger charge is -2.29. The van der Waals surface area contributed by atoms with Gasteiger partial charge in [0.2, 0.25) is 10.0 Å². The monoisotopic (exact) mass is 386 g/mol. The fraction of sp³-hybridized carbons (Fsp3) is 0.611. The number of carbonyl (C=O) groups is 1. The molecule has 0 unspecified atom stereocenters. The zero-order valence-corrected chi connectivity index (χ0v) is 18.7. The van der Waals surface area contributed by atoms with Crippen molar-refractivity contribution in [1.29, 1.82) is 0 Å². The number of rotatable bonds is 4. The highest BCUT2D eigenvalue weighted by atomic mass is 32.2. The molecule has 0 saturated carbocycles. The summed E-state index contributed by atoms with van der Waals surface area (Å²) >= 11 is 0. The largest absolute Gasteiger partial charge is 0.480 e. The van der Waals surface area contributed by atoms with Crippen molar-refractivity contribution in [3.05, 3.63) is 29.3 Å². The van der Waals surface area contributed by atoms with Crippen molar-refractivity contribution in [3.63, 3.8) is 0 Å². The molecule has 1 aromatic carbocycles. The van der Waals surface area contributed by atoms with Crippen LogP contribution in [0.2, 0.25) is 18.1 Å². The zero-order valence-electron chi connectivity index (χ0n) is 16.8. The van der Waals surface area contributed by atoms with E-state index in [9.17, 15) is 13.2 Å². The molecule has 0 aromatic heterocycles. The molecular formula is C18H32NO4SSi. The normalized spacial score (nSPS) is 13.0. The molecule has 1 atom stereocenters. The minimum Gasteiger partial charge on any atom is -0.480 e. The number of hydrogen-bond acceptors (Lipinski definition) is 3. The zero-order chi connectivity index (χ0) is 20.2. The quantitative estimate of drug-likeness (QED) is 0.791. The first-order valence-electron chi connectivity index (χ1n) is 8.19. The highest BCUT2D eigenvalue weighted by Crippen LogP contribution is 2.28. The first-order valence-corrected chi connectivity index (χ1v) is 12.5. The van der Waals surface area contributed by atoms with Gasteiger partial charge in [-0.05, 0) is 36.9 Å². The Balaban J connectivity index is 0.000000697. The van der Waals surface area contributed by atoms with E-state index in [1.54, 1.807) is 32.0 Å². The fourth-order valence-corrected chi connectivity index (χ4v) is 3.18. The highest BCUT2D eigenvalue weighted by Gasteiger charge is 2.30. The topological polar surface area (TPSA) is 74.7 Å². The van der Waals surface area contributed by atoms with Crippen LogP contribution in [-0.4, -0.2) is 40.6 Å². The Bertz CT molecular complexity index is 673. The molecule has 0 aliphatic heterocycles. The number of aryl methyl sites for hydroxylation is 2. The summed E-state index contributed by atoms with van der Waals surface area (Å²) in [5, 5.41) is 9.65. The second kappa shape index (κ2) is 8.85. The van der Waals surface area contributed by atoms with Gasteiger partial charge in [0.1, 0.15) is 6.04 Å². The molecule has 1 N–H and O–H groups in total. The fourth-order valence-electron chi connectivity index (χ4n) is 1.90. The summed E-state index contributed by atoms with van der Waals surface area (Å²) in [7, 11) is -3.70. The molecular weight excluding hydrogens is 354 g/mol. The summed E-state index contributed by atoms with van der Waals surface area (Å²) in [5.74, 6) is -1.18. The third-order valence-corrected chi connectivity index (χ3v) is 8.44. The summed E-state index contributed by atoms with van der Waals surface area (Å²) in [6.45, 7) is 16.5. The van der Waals surface area contributed by atoms with Gasteiger partial charge in [0, 0.05) is 8.80 Å². The van der Waals surface area contributed by atoms with Crippen LogP contribution in [0.4, 0.5) is 5.69 Å². The van der Waals surface area contributed by atoms with Gasteiger partial charge in [0.15, 0.2) is 0 Å². The minimum atomic E-state index is -3.65. The molecule has 0 bridgehead atoms. The average molecular weight is 387 g/mol. The van der Waals surface area contributed by atoms with E-state index in [0.717, 1.165) is 21.7 Å². The van der Waals surface area contributed by atoms with E-state index < -0.39 is 22.0 Å². The SMILES string of the molecule is C[Si](C)C(C)(C)C.Cc1cccc(C)c1N([C@@H](C)C(=O)O)S(C)(=O)=O. The lowest BCUT2D eigenvalue weighted by atomic mass is 10.1. The Morgan fingerprint density at radius 1 is 1.16 bits per heavy atom. The lowest BCUT2D eigenvalue weighted by molar-refractivity contribution is -0.137. The third kappa shape index (κ3) is 7.19. The summed E-state index contributed by atoms with van der Waals surface area (Å²) < 4.78 is 24.6. The molecule has 5 nitrogen and oxygen atoms in total. The second-order valence-electron chi connectivity index (χ2n) is 7.56. The Labute approximate surface area is 154 Å². The highest BCUT2D eigenvalue weighted by molar-refractivity contribution is 7.92. The van der Waals surface area contributed by atoms with Crippen LogP contribution in [-0.2, 0) is 14.8 Å². The summed E-state index contributed by atoms with van der Waals surface area (Å²) in [4.78, 5) is 11.1. The Morgan fingerprint density at radius 2 is 1.52 bits per heavy atom. The van der Waals surface area contributed by atoms with Crippen molar-refractivity contribution >= 4 is 30.5 Å². The van der Waals surface area contributed by atoms with E-state index >= 15 is 0 Å². The molecule has 0 aliphatic carbocycles. The molecule has 0 saturated heterocycles. The first-order chi connectivity index (χ1) is 11.1. The number of para-hydroxylation sites is 1. The van der Waals surface area contributed by atoms with E-state index in [0.29, 0.717) is 10.7 Å². The van der Waals surface area contributed by atoms with Crippen molar-refractivity contribution in [3.8, 4) is 0 Å². The van der Waals surface area contributed by atoms with Crippen LogP contribution in [0.3, 0.4) is 0 Å². The predicted molar refractivity (Wildman–Crippen MR) is 108 cm³/mol. The summed E-state index contributed by atoms with van der Waals surface area (Å²) in [5.41, 5.74) is 1.90. The van der Waals surface area contributed by atoms with Crippen LogP contribution in [0.1, 0.15) is 38.8 Å².